The zero-order valence-corrected chi connectivity index (χ0v) is 12.6. The van der Waals surface area contributed by atoms with Gasteiger partial charge in [-0.3, -0.25) is 0 Å². The molecule has 1 saturated carbocycles. The number of halogens is 1. The number of carbonyl (C=O) groups is 1. The maximum absolute atomic E-state index is 11.8. The molecule has 2 N–H and O–H groups in total. The number of carbonyl (C=O) groups excluding carboxylic acids is 1. The molecule has 1 heterocycles. The van der Waals surface area contributed by atoms with E-state index in [0.29, 0.717) is 17.0 Å². The van der Waals surface area contributed by atoms with E-state index in [4.69, 9.17) is 16.3 Å². The van der Waals surface area contributed by atoms with Gasteiger partial charge in [0, 0.05) is 29.4 Å². The Labute approximate surface area is 123 Å². The number of rotatable bonds is 1. The molecule has 0 unspecified atom stereocenters. The van der Waals surface area contributed by atoms with Crippen molar-refractivity contribution in [2.45, 2.75) is 39.1 Å². The van der Waals surface area contributed by atoms with Gasteiger partial charge in [-0.25, -0.2) is 4.79 Å². The smallest absolute Gasteiger partial charge is 0.336 e. The van der Waals surface area contributed by atoms with E-state index in [1.165, 1.54) is 0 Å². The zero-order chi connectivity index (χ0) is 14.9. The highest BCUT2D eigenvalue weighted by molar-refractivity contribution is 6.18. The normalized spacial score (nSPS) is 47.0. The summed E-state index contributed by atoms with van der Waals surface area (Å²) in [6, 6.07) is 0. The lowest BCUT2D eigenvalue weighted by Gasteiger charge is -2.49. The molecule has 0 bridgehead atoms. The fourth-order valence-corrected chi connectivity index (χ4v) is 4.83. The molecule has 1 fully saturated rings. The Kier molecular flexibility index (Phi) is 2.89. The first kappa shape index (κ1) is 14.1. The van der Waals surface area contributed by atoms with E-state index in [-0.39, 0.29) is 18.3 Å². The Morgan fingerprint density at radius 2 is 2.15 bits per heavy atom. The highest BCUT2D eigenvalue weighted by Gasteiger charge is 2.63. The number of aliphatic hydroxyl groups is 2. The Balaban J connectivity index is 2.13. The second-order valence-electron chi connectivity index (χ2n) is 6.49. The molecule has 4 nitrogen and oxygen atoms in total. The third-order valence-corrected chi connectivity index (χ3v) is 5.64. The van der Waals surface area contributed by atoms with Crippen LogP contribution in [0.3, 0.4) is 0 Å². The highest BCUT2D eigenvalue weighted by Crippen LogP contribution is 2.60. The van der Waals surface area contributed by atoms with Crippen LogP contribution in [0.25, 0.3) is 0 Å². The number of hydrogen-bond donors (Lipinski definition) is 2. The summed E-state index contributed by atoms with van der Waals surface area (Å²) in [6.45, 7) is 5.56. The fraction of sp³-hybridized carbons (Fsp3) is 0.667. The Bertz CT molecular complexity index is 552. The maximum atomic E-state index is 11.8. The van der Waals surface area contributed by atoms with Crippen LogP contribution in [0.15, 0.2) is 22.8 Å². The van der Waals surface area contributed by atoms with Crippen LogP contribution in [0.1, 0.15) is 27.2 Å². The number of aliphatic hydroxyl groups excluding tert-OH is 1. The molecule has 0 radical (unpaired) electrons. The molecule has 0 saturated heterocycles. The molecule has 20 heavy (non-hydrogen) atoms. The molecule has 3 aliphatic rings. The van der Waals surface area contributed by atoms with Crippen molar-refractivity contribution in [3.8, 4) is 0 Å². The lowest BCUT2D eigenvalue weighted by Crippen LogP contribution is -2.54. The van der Waals surface area contributed by atoms with Crippen molar-refractivity contribution >= 4 is 17.6 Å². The van der Waals surface area contributed by atoms with Gasteiger partial charge in [-0.15, -0.1) is 11.6 Å². The molecule has 0 spiro atoms. The minimum atomic E-state index is -1.69. The van der Waals surface area contributed by atoms with E-state index in [9.17, 15) is 15.0 Å². The van der Waals surface area contributed by atoms with Crippen LogP contribution in [-0.2, 0) is 9.53 Å². The number of fused-ring (bicyclic) bond motifs is 2. The number of esters is 1. The summed E-state index contributed by atoms with van der Waals surface area (Å²) in [5, 5.41) is 21.4. The quantitative estimate of drug-likeness (QED) is 0.440. The van der Waals surface area contributed by atoms with Crippen molar-refractivity contribution in [2.75, 3.05) is 5.88 Å². The Morgan fingerprint density at radius 3 is 2.75 bits per heavy atom. The third-order valence-electron chi connectivity index (χ3n) is 5.30. The number of ether oxygens (including phenoxy) is 1. The highest BCUT2D eigenvalue weighted by atomic mass is 35.5. The number of alkyl halides is 1. The van der Waals surface area contributed by atoms with E-state index in [1.807, 2.05) is 13.8 Å². The zero-order valence-electron chi connectivity index (χ0n) is 11.8. The molecule has 0 amide bonds. The summed E-state index contributed by atoms with van der Waals surface area (Å²) in [5.74, 6) is -1.90. The molecule has 0 aromatic rings. The molecule has 5 heteroatoms. The first-order chi connectivity index (χ1) is 9.24. The molecule has 5 atom stereocenters. The van der Waals surface area contributed by atoms with Crippen molar-refractivity contribution in [1.82, 2.24) is 0 Å². The molecule has 110 valence electrons. The van der Waals surface area contributed by atoms with Gasteiger partial charge in [-0.1, -0.05) is 18.6 Å². The molecule has 0 aromatic heterocycles. The van der Waals surface area contributed by atoms with Gasteiger partial charge in [0.25, 0.3) is 0 Å². The van der Waals surface area contributed by atoms with E-state index in [2.05, 4.69) is 6.08 Å². The summed E-state index contributed by atoms with van der Waals surface area (Å²) < 4.78 is 5.15. The van der Waals surface area contributed by atoms with Crippen LogP contribution < -0.4 is 0 Å². The topological polar surface area (TPSA) is 66.8 Å². The van der Waals surface area contributed by atoms with Gasteiger partial charge in [-0.2, -0.15) is 0 Å². The van der Waals surface area contributed by atoms with Gasteiger partial charge < -0.3 is 14.9 Å². The largest absolute Gasteiger partial charge is 0.426 e. The van der Waals surface area contributed by atoms with Gasteiger partial charge in [0.05, 0.1) is 6.10 Å². The lowest BCUT2D eigenvalue weighted by atomic mass is 9.59. The van der Waals surface area contributed by atoms with Gasteiger partial charge in [0.15, 0.2) is 0 Å². The lowest BCUT2D eigenvalue weighted by molar-refractivity contribution is -0.212. The van der Waals surface area contributed by atoms with Crippen molar-refractivity contribution in [1.29, 1.82) is 0 Å². The van der Waals surface area contributed by atoms with E-state index in [1.54, 1.807) is 6.92 Å². The third kappa shape index (κ3) is 1.53. The van der Waals surface area contributed by atoms with Gasteiger partial charge in [0.2, 0.25) is 5.79 Å². The molecular formula is C15H19ClO4. The Hall–Kier alpha value is -0.840. The molecule has 3 rings (SSSR count). The molecular weight excluding hydrogens is 280 g/mol. The van der Waals surface area contributed by atoms with Crippen LogP contribution in [0.5, 0.6) is 0 Å². The van der Waals surface area contributed by atoms with E-state index < -0.39 is 23.3 Å². The van der Waals surface area contributed by atoms with Gasteiger partial charge >= 0.3 is 5.97 Å². The van der Waals surface area contributed by atoms with Crippen LogP contribution in [0.2, 0.25) is 0 Å². The summed E-state index contributed by atoms with van der Waals surface area (Å²) >= 11 is 6.05. The van der Waals surface area contributed by atoms with E-state index >= 15 is 0 Å². The van der Waals surface area contributed by atoms with Gasteiger partial charge in [0.1, 0.15) is 0 Å². The van der Waals surface area contributed by atoms with Crippen LogP contribution >= 0.6 is 11.6 Å². The average molecular weight is 299 g/mol. The minimum absolute atomic E-state index is 0.0500. The number of allylic oxidation sites excluding steroid dienone is 1. The second-order valence-corrected chi connectivity index (χ2v) is 6.80. The summed E-state index contributed by atoms with van der Waals surface area (Å²) in [4.78, 5) is 11.8. The van der Waals surface area contributed by atoms with Crippen molar-refractivity contribution in [3.05, 3.63) is 22.8 Å². The van der Waals surface area contributed by atoms with Gasteiger partial charge in [-0.05, 0) is 25.2 Å². The Morgan fingerprint density at radius 1 is 1.50 bits per heavy atom. The van der Waals surface area contributed by atoms with E-state index in [0.717, 1.165) is 5.57 Å². The predicted molar refractivity (Wildman–Crippen MR) is 73.9 cm³/mol. The average Bonchev–Trinajstić information content (AvgIpc) is 2.70. The summed E-state index contributed by atoms with van der Waals surface area (Å²) in [6.07, 6.45) is 1.43. The van der Waals surface area contributed by atoms with Crippen LogP contribution in [0.4, 0.5) is 0 Å². The van der Waals surface area contributed by atoms with Crippen LogP contribution in [-0.4, -0.2) is 34.0 Å². The summed E-state index contributed by atoms with van der Waals surface area (Å²) in [7, 11) is 0. The minimum Gasteiger partial charge on any atom is -0.426 e. The molecule has 1 aliphatic heterocycles. The first-order valence-electron chi connectivity index (χ1n) is 6.84. The monoisotopic (exact) mass is 298 g/mol. The van der Waals surface area contributed by atoms with Crippen molar-refractivity contribution in [3.63, 3.8) is 0 Å². The first-order valence-corrected chi connectivity index (χ1v) is 7.37. The second kappa shape index (κ2) is 4.09. The van der Waals surface area contributed by atoms with Crippen LogP contribution in [0, 0.1) is 17.3 Å². The standard InChI is InChI=1S/C15H19ClO4/c1-7-4-9(5-16)14(3)6-15(19)11(12(17)10(7)14)8(2)13(18)20-15/h4,9-10,12,17,19H,5-6H2,1-3H3/t9-,10-,12+,14+,15-/m0/s1. The predicted octanol–water partition coefficient (Wildman–Crippen LogP) is 1.75. The maximum Gasteiger partial charge on any atom is 0.336 e. The molecule has 2 aliphatic carbocycles. The number of hydrogen-bond acceptors (Lipinski definition) is 4. The van der Waals surface area contributed by atoms with Crippen molar-refractivity contribution < 1.29 is 19.7 Å². The molecule has 0 aromatic carbocycles. The SMILES string of the molecule is CC1=C[C@@H](CCl)[C@@]2(C)C[C@]3(O)OC(=O)C(C)=C3[C@H](O)[C@H]12. The van der Waals surface area contributed by atoms with Crippen molar-refractivity contribution in [2.24, 2.45) is 17.3 Å². The fourth-order valence-electron chi connectivity index (χ4n) is 4.39. The summed E-state index contributed by atoms with van der Waals surface area (Å²) in [5.41, 5.74) is 1.30.